The van der Waals surface area contributed by atoms with E-state index in [0.29, 0.717) is 12.5 Å². The van der Waals surface area contributed by atoms with Crippen LogP contribution in [0.1, 0.15) is 18.4 Å². The molecule has 3 heteroatoms. The van der Waals surface area contributed by atoms with E-state index in [1.165, 1.54) is 0 Å². The number of aromatic nitrogens is 1. The van der Waals surface area contributed by atoms with E-state index in [-0.39, 0.29) is 0 Å². The molecule has 0 amide bonds. The molecule has 1 aliphatic carbocycles. The maximum absolute atomic E-state index is 10.2. The lowest BCUT2D eigenvalue weighted by Crippen LogP contribution is -2.36. The first-order valence-electron chi connectivity index (χ1n) is 4.33. The van der Waals surface area contributed by atoms with Gasteiger partial charge in [0.2, 0.25) is 0 Å². The van der Waals surface area contributed by atoms with Gasteiger partial charge in [0, 0.05) is 24.5 Å². The molecule has 0 saturated heterocycles. The lowest BCUT2D eigenvalue weighted by Gasteiger charge is -2.25. The topological polar surface area (TPSA) is 62.0 Å². The predicted octanol–water partition coefficient (Wildman–Crippen LogP) is 0.571. The average molecular weight is 166 g/mol. The number of nitrogens with one attached hydrogen (secondary N) is 1. The quantitative estimate of drug-likeness (QED) is 0.614. The fourth-order valence-corrected chi connectivity index (χ4v) is 1.67. The van der Waals surface area contributed by atoms with Gasteiger partial charge in [-0.2, -0.15) is 0 Å². The van der Waals surface area contributed by atoms with Gasteiger partial charge in [-0.15, -0.1) is 0 Å². The second-order valence-electron chi connectivity index (χ2n) is 3.50. The van der Waals surface area contributed by atoms with Gasteiger partial charge in [0.15, 0.2) is 0 Å². The molecule has 1 saturated carbocycles. The van der Waals surface area contributed by atoms with E-state index in [0.717, 1.165) is 18.4 Å². The van der Waals surface area contributed by atoms with E-state index in [9.17, 15) is 5.11 Å². The van der Waals surface area contributed by atoms with Gasteiger partial charge < -0.3 is 15.8 Å². The fraction of sp³-hybridized carbons (Fsp3) is 0.556. The molecule has 1 aromatic heterocycles. The minimum atomic E-state index is -0.778. The van der Waals surface area contributed by atoms with Crippen molar-refractivity contribution in [1.29, 1.82) is 0 Å². The summed E-state index contributed by atoms with van der Waals surface area (Å²) in [5, 5.41) is 10.2. The van der Waals surface area contributed by atoms with E-state index >= 15 is 0 Å². The Balaban J connectivity index is 2.27. The molecule has 4 N–H and O–H groups in total. The molecule has 12 heavy (non-hydrogen) atoms. The molecule has 66 valence electrons. The molecular weight excluding hydrogens is 152 g/mol. The van der Waals surface area contributed by atoms with Crippen LogP contribution in [0, 0.1) is 5.92 Å². The Labute approximate surface area is 71.6 Å². The third-order valence-corrected chi connectivity index (χ3v) is 2.66. The molecule has 0 bridgehead atoms. The summed E-state index contributed by atoms with van der Waals surface area (Å²) in [7, 11) is 0. The second-order valence-corrected chi connectivity index (χ2v) is 3.50. The van der Waals surface area contributed by atoms with Gasteiger partial charge >= 0.3 is 0 Å². The largest absolute Gasteiger partial charge is 0.383 e. The third-order valence-electron chi connectivity index (χ3n) is 2.66. The molecule has 0 radical (unpaired) electrons. The zero-order valence-corrected chi connectivity index (χ0v) is 6.96. The highest BCUT2D eigenvalue weighted by Crippen LogP contribution is 2.44. The Morgan fingerprint density at radius 1 is 1.67 bits per heavy atom. The molecule has 2 rings (SSSR count). The van der Waals surface area contributed by atoms with Crippen molar-refractivity contribution < 1.29 is 5.11 Å². The summed E-state index contributed by atoms with van der Waals surface area (Å²) in [6, 6.07) is 1.89. The Hall–Kier alpha value is -0.800. The van der Waals surface area contributed by atoms with Crippen LogP contribution in [-0.4, -0.2) is 16.6 Å². The number of hydrogen-bond donors (Lipinski definition) is 3. The maximum Gasteiger partial charge on any atom is 0.106 e. The van der Waals surface area contributed by atoms with Gasteiger partial charge in [0.25, 0.3) is 0 Å². The number of aromatic amines is 1. The van der Waals surface area contributed by atoms with Crippen molar-refractivity contribution in [1.82, 2.24) is 4.98 Å². The van der Waals surface area contributed by atoms with Crippen LogP contribution >= 0.6 is 0 Å². The zero-order valence-electron chi connectivity index (χ0n) is 6.96. The highest BCUT2D eigenvalue weighted by molar-refractivity contribution is 5.22. The molecule has 1 aliphatic rings. The van der Waals surface area contributed by atoms with E-state index in [1.807, 2.05) is 18.5 Å². The van der Waals surface area contributed by atoms with Gasteiger partial charge in [-0.1, -0.05) is 0 Å². The Morgan fingerprint density at radius 2 is 2.42 bits per heavy atom. The average Bonchev–Trinajstić information content (AvgIpc) is 2.80. The first-order chi connectivity index (χ1) is 5.77. The fourth-order valence-electron chi connectivity index (χ4n) is 1.67. The SMILES string of the molecule is NCC(O)(c1cc[nH]c1)C1CC1. The smallest absolute Gasteiger partial charge is 0.106 e. The van der Waals surface area contributed by atoms with Gasteiger partial charge in [0.05, 0.1) is 0 Å². The number of nitrogens with two attached hydrogens (primary N) is 1. The molecule has 1 atom stereocenters. The Morgan fingerprint density at radius 3 is 2.83 bits per heavy atom. The molecule has 1 fully saturated rings. The van der Waals surface area contributed by atoms with Crippen molar-refractivity contribution in [2.75, 3.05) is 6.54 Å². The van der Waals surface area contributed by atoms with Crippen LogP contribution in [0.5, 0.6) is 0 Å². The van der Waals surface area contributed by atoms with Gasteiger partial charge in [-0.3, -0.25) is 0 Å². The van der Waals surface area contributed by atoms with Crippen LogP contribution in [0.3, 0.4) is 0 Å². The lowest BCUT2D eigenvalue weighted by molar-refractivity contribution is 0.0224. The summed E-state index contributed by atoms with van der Waals surface area (Å²) in [6.45, 7) is 0.315. The van der Waals surface area contributed by atoms with Crippen LogP contribution in [0.25, 0.3) is 0 Å². The van der Waals surface area contributed by atoms with E-state index < -0.39 is 5.60 Å². The summed E-state index contributed by atoms with van der Waals surface area (Å²) in [5.74, 6) is 0.373. The van der Waals surface area contributed by atoms with Crippen LogP contribution in [0.4, 0.5) is 0 Å². The van der Waals surface area contributed by atoms with E-state index in [2.05, 4.69) is 4.98 Å². The summed E-state index contributed by atoms with van der Waals surface area (Å²) >= 11 is 0. The number of aliphatic hydroxyl groups is 1. The zero-order chi connectivity index (χ0) is 8.60. The van der Waals surface area contributed by atoms with Gasteiger partial charge in [0.1, 0.15) is 5.60 Å². The molecule has 1 aromatic rings. The van der Waals surface area contributed by atoms with Crippen molar-refractivity contribution >= 4 is 0 Å². The standard InChI is InChI=1S/C9H14N2O/c10-6-9(12,7-1-2-7)8-3-4-11-5-8/h3-5,7,11-12H,1-2,6,10H2. The molecule has 0 spiro atoms. The summed E-state index contributed by atoms with van der Waals surface area (Å²) < 4.78 is 0. The minimum Gasteiger partial charge on any atom is -0.383 e. The summed E-state index contributed by atoms with van der Waals surface area (Å²) in [5.41, 5.74) is 5.72. The van der Waals surface area contributed by atoms with Gasteiger partial charge in [-0.05, 0) is 24.8 Å². The summed E-state index contributed by atoms with van der Waals surface area (Å²) in [4.78, 5) is 2.94. The predicted molar refractivity (Wildman–Crippen MR) is 46.5 cm³/mol. The second kappa shape index (κ2) is 2.61. The third kappa shape index (κ3) is 1.06. The van der Waals surface area contributed by atoms with Crippen LogP contribution in [0.2, 0.25) is 0 Å². The molecule has 3 nitrogen and oxygen atoms in total. The van der Waals surface area contributed by atoms with Crippen molar-refractivity contribution in [3.05, 3.63) is 24.0 Å². The van der Waals surface area contributed by atoms with Crippen molar-refractivity contribution in [3.63, 3.8) is 0 Å². The highest BCUT2D eigenvalue weighted by atomic mass is 16.3. The maximum atomic E-state index is 10.2. The molecule has 0 aromatic carbocycles. The monoisotopic (exact) mass is 166 g/mol. The molecular formula is C9H14N2O. The van der Waals surface area contributed by atoms with Crippen molar-refractivity contribution in [3.8, 4) is 0 Å². The van der Waals surface area contributed by atoms with Crippen molar-refractivity contribution in [2.45, 2.75) is 18.4 Å². The van der Waals surface area contributed by atoms with E-state index in [1.54, 1.807) is 0 Å². The van der Waals surface area contributed by atoms with Crippen LogP contribution in [-0.2, 0) is 5.60 Å². The molecule has 1 unspecified atom stereocenters. The Kier molecular flexibility index (Phi) is 1.70. The number of hydrogen-bond acceptors (Lipinski definition) is 2. The van der Waals surface area contributed by atoms with E-state index in [4.69, 9.17) is 5.73 Å². The summed E-state index contributed by atoms with van der Waals surface area (Å²) in [6.07, 6.45) is 5.83. The Bertz CT molecular complexity index is 254. The van der Waals surface area contributed by atoms with Crippen LogP contribution < -0.4 is 5.73 Å². The number of H-pyrrole nitrogens is 1. The van der Waals surface area contributed by atoms with Crippen LogP contribution in [0.15, 0.2) is 18.5 Å². The minimum absolute atomic E-state index is 0.315. The number of rotatable bonds is 3. The first-order valence-corrected chi connectivity index (χ1v) is 4.33. The molecule has 0 aliphatic heterocycles. The van der Waals surface area contributed by atoms with Gasteiger partial charge in [-0.25, -0.2) is 0 Å². The lowest BCUT2D eigenvalue weighted by atomic mass is 9.91. The van der Waals surface area contributed by atoms with Crippen molar-refractivity contribution in [2.24, 2.45) is 11.7 Å². The molecule has 1 heterocycles. The normalized spacial score (nSPS) is 22.2. The first kappa shape index (κ1) is 7.83. The highest BCUT2D eigenvalue weighted by Gasteiger charge is 2.44.